The van der Waals surface area contributed by atoms with Crippen molar-refractivity contribution in [2.75, 3.05) is 54.9 Å². The molecule has 15 heteroatoms. The quantitative estimate of drug-likeness (QED) is 0.234. The minimum atomic E-state index is -5.04. The van der Waals surface area contributed by atoms with E-state index in [4.69, 9.17) is 10.5 Å². The van der Waals surface area contributed by atoms with Gasteiger partial charge in [0.05, 0.1) is 21.4 Å². The fraction of sp³-hybridized carbons (Fsp3) is 0.433. The molecule has 7 nitrogen and oxygen atoms in total. The molecule has 2 atom stereocenters. The van der Waals surface area contributed by atoms with Crippen LogP contribution < -0.4 is 15.4 Å². The molecule has 3 aliphatic heterocycles. The number of nitriles is 1. The lowest BCUT2D eigenvalue weighted by Gasteiger charge is -2.31. The van der Waals surface area contributed by atoms with Crippen LogP contribution in [0.25, 0.3) is 32.1 Å². The molecule has 2 unspecified atom stereocenters. The maximum atomic E-state index is 16.8. The van der Waals surface area contributed by atoms with Crippen molar-refractivity contribution in [1.29, 1.82) is 5.26 Å². The third-order valence-electron chi connectivity index (χ3n) is 8.94. The highest BCUT2D eigenvalue weighted by atomic mass is 32.2. The van der Waals surface area contributed by atoms with E-state index in [-0.39, 0.29) is 56.5 Å². The van der Waals surface area contributed by atoms with Crippen molar-refractivity contribution >= 4 is 54.9 Å². The monoisotopic (exact) mass is 664 g/mol. The predicted molar refractivity (Wildman–Crippen MR) is 162 cm³/mol. The van der Waals surface area contributed by atoms with Crippen molar-refractivity contribution in [2.24, 2.45) is 0 Å². The molecule has 7 rings (SSSR count). The van der Waals surface area contributed by atoms with E-state index in [0.29, 0.717) is 48.9 Å². The van der Waals surface area contributed by atoms with E-state index >= 15 is 4.39 Å². The Balaban J connectivity index is 1.45. The van der Waals surface area contributed by atoms with Gasteiger partial charge >= 0.3 is 12.2 Å². The molecule has 4 aromatic rings. The molecule has 0 bridgehead atoms. The third kappa shape index (κ3) is 5.01. The number of nitrogens with two attached hydrogens (primary N) is 1. The number of hydrogen-bond acceptors (Lipinski definition) is 9. The molecule has 0 saturated carbocycles. The molecule has 2 aromatic carbocycles. The average molecular weight is 665 g/mol. The maximum absolute atomic E-state index is 16.8. The molecule has 0 aliphatic carbocycles. The van der Waals surface area contributed by atoms with Gasteiger partial charge in [-0.15, -0.1) is 11.3 Å². The normalized spacial score (nSPS) is 22.3. The van der Waals surface area contributed by atoms with Gasteiger partial charge < -0.3 is 15.4 Å². The second kappa shape index (κ2) is 11.1. The largest absolute Gasteiger partial charge is 0.461 e. The third-order valence-corrected chi connectivity index (χ3v) is 10.9. The maximum Gasteiger partial charge on any atom is 0.417 e. The van der Waals surface area contributed by atoms with Crippen molar-refractivity contribution in [2.45, 2.75) is 37.1 Å². The number of ether oxygens (including phenoxy) is 1. The van der Waals surface area contributed by atoms with Crippen molar-refractivity contribution < 1.29 is 31.1 Å². The lowest BCUT2D eigenvalue weighted by molar-refractivity contribution is -0.137. The second-order valence-corrected chi connectivity index (χ2v) is 13.8. The van der Waals surface area contributed by atoms with Crippen LogP contribution in [0.1, 0.15) is 30.4 Å². The van der Waals surface area contributed by atoms with Crippen LogP contribution in [0.3, 0.4) is 0 Å². The van der Waals surface area contributed by atoms with Gasteiger partial charge in [-0.2, -0.15) is 40.2 Å². The van der Waals surface area contributed by atoms with Crippen LogP contribution in [0.4, 0.5) is 37.2 Å². The first-order chi connectivity index (χ1) is 21.5. The van der Waals surface area contributed by atoms with Crippen LogP contribution in [-0.2, 0) is 6.18 Å². The Hall–Kier alpha value is -3.48. The number of halogens is 6. The second-order valence-electron chi connectivity index (χ2n) is 11.6. The Morgan fingerprint density at radius 2 is 1.93 bits per heavy atom. The number of fused-ring (bicyclic) bond motifs is 3. The van der Waals surface area contributed by atoms with Gasteiger partial charge in [-0.25, -0.2) is 13.2 Å². The van der Waals surface area contributed by atoms with Crippen LogP contribution in [0, 0.1) is 23.0 Å². The molecule has 3 aliphatic rings. The molecule has 2 N–H and O–H groups in total. The van der Waals surface area contributed by atoms with E-state index in [2.05, 4.69) is 9.97 Å². The summed E-state index contributed by atoms with van der Waals surface area (Å²) in [5.74, 6) is -0.633. The van der Waals surface area contributed by atoms with Gasteiger partial charge in [0.15, 0.2) is 5.82 Å². The Kier molecular flexibility index (Phi) is 7.44. The standard InChI is InChI=1S/C30H26F6N6OS2/c31-15-11-29(4-1-5-42(29)13-15)14-43-28-39-24-17(27(40-28)41-6-8-44-9-7-41)10-19(30(34,35)36)22(23(24)33)16-2-3-20(32)25-21(16)18(12-37)26(38)45-25/h2-3,10,15H,1,4-9,11,13-14,38H2. The van der Waals surface area contributed by atoms with Crippen LogP contribution in [-0.4, -0.2) is 70.9 Å². The SMILES string of the molecule is N#Cc1c(N)sc2c(F)ccc(-c3c(C(F)(F)F)cc4c(N5CCSCC5)nc(OCC56CCCN5CC(F)C6)nc4c3F)c12. The van der Waals surface area contributed by atoms with E-state index in [1.807, 2.05) is 11.0 Å². The lowest BCUT2D eigenvalue weighted by atomic mass is 9.92. The van der Waals surface area contributed by atoms with Gasteiger partial charge in [-0.3, -0.25) is 4.90 Å². The molecule has 0 spiro atoms. The molecule has 2 aromatic heterocycles. The highest BCUT2D eigenvalue weighted by Crippen LogP contribution is 2.48. The minimum absolute atomic E-state index is 0.0433. The van der Waals surface area contributed by atoms with Crippen molar-refractivity contribution in [3.05, 3.63) is 41.0 Å². The Morgan fingerprint density at radius 1 is 1.16 bits per heavy atom. The zero-order chi connectivity index (χ0) is 31.7. The summed E-state index contributed by atoms with van der Waals surface area (Å²) in [6, 6.07) is 4.36. The molecular formula is C30H26F6N6OS2. The van der Waals surface area contributed by atoms with Gasteiger partial charge in [-0.05, 0) is 37.1 Å². The Morgan fingerprint density at radius 3 is 2.67 bits per heavy atom. The number of nitrogens with zero attached hydrogens (tertiary/aromatic N) is 5. The number of aromatic nitrogens is 2. The number of benzene rings is 2. The van der Waals surface area contributed by atoms with Crippen LogP contribution >= 0.6 is 23.1 Å². The fourth-order valence-corrected chi connectivity index (χ4v) is 8.77. The summed E-state index contributed by atoms with van der Waals surface area (Å²) in [5, 5.41) is 9.29. The Labute approximate surface area is 262 Å². The van der Waals surface area contributed by atoms with Gasteiger partial charge in [0.2, 0.25) is 0 Å². The van der Waals surface area contributed by atoms with E-state index in [1.54, 1.807) is 16.7 Å². The zero-order valence-corrected chi connectivity index (χ0v) is 25.3. The summed E-state index contributed by atoms with van der Waals surface area (Å²) >= 11 is 2.38. The summed E-state index contributed by atoms with van der Waals surface area (Å²) in [5.41, 5.74) is 2.19. The number of thiophene rings is 1. The number of anilines is 2. The summed E-state index contributed by atoms with van der Waals surface area (Å²) in [7, 11) is 0. The lowest BCUT2D eigenvalue weighted by Crippen LogP contribution is -2.43. The highest BCUT2D eigenvalue weighted by Gasteiger charge is 2.49. The first kappa shape index (κ1) is 30.2. The van der Waals surface area contributed by atoms with Gasteiger partial charge in [0, 0.05) is 53.9 Å². The van der Waals surface area contributed by atoms with Gasteiger partial charge in [-0.1, -0.05) is 6.07 Å². The summed E-state index contributed by atoms with van der Waals surface area (Å²) in [4.78, 5) is 12.6. The number of alkyl halides is 4. The van der Waals surface area contributed by atoms with E-state index < -0.39 is 46.2 Å². The summed E-state index contributed by atoms with van der Waals surface area (Å²) < 4.78 is 96.2. The first-order valence-electron chi connectivity index (χ1n) is 14.4. The van der Waals surface area contributed by atoms with Crippen LogP contribution in [0.2, 0.25) is 0 Å². The first-order valence-corrected chi connectivity index (χ1v) is 16.3. The molecule has 0 radical (unpaired) electrons. The Bertz CT molecular complexity index is 1870. The molecular weight excluding hydrogens is 638 g/mol. The van der Waals surface area contributed by atoms with Crippen LogP contribution in [0.15, 0.2) is 18.2 Å². The zero-order valence-electron chi connectivity index (χ0n) is 23.7. The van der Waals surface area contributed by atoms with Crippen molar-refractivity contribution in [1.82, 2.24) is 14.9 Å². The van der Waals surface area contributed by atoms with E-state index in [0.717, 1.165) is 31.2 Å². The molecule has 45 heavy (non-hydrogen) atoms. The molecule has 0 amide bonds. The smallest absolute Gasteiger partial charge is 0.417 e. The molecule has 236 valence electrons. The summed E-state index contributed by atoms with van der Waals surface area (Å²) in [6.45, 7) is 1.98. The molecule has 3 saturated heterocycles. The summed E-state index contributed by atoms with van der Waals surface area (Å²) in [6.07, 6.45) is -4.20. The minimum Gasteiger partial charge on any atom is -0.461 e. The predicted octanol–water partition coefficient (Wildman–Crippen LogP) is 6.77. The van der Waals surface area contributed by atoms with Gasteiger partial charge in [0.1, 0.15) is 41.0 Å². The van der Waals surface area contributed by atoms with Crippen molar-refractivity contribution in [3.8, 4) is 23.2 Å². The number of nitrogen functional groups attached to an aromatic ring is 1. The number of rotatable bonds is 5. The highest BCUT2D eigenvalue weighted by molar-refractivity contribution is 7.99. The topological polar surface area (TPSA) is 91.3 Å². The van der Waals surface area contributed by atoms with E-state index in [9.17, 15) is 27.2 Å². The van der Waals surface area contributed by atoms with Crippen molar-refractivity contribution in [3.63, 3.8) is 0 Å². The van der Waals surface area contributed by atoms with Crippen LogP contribution in [0.5, 0.6) is 6.01 Å². The number of hydrogen-bond donors (Lipinski definition) is 1. The van der Waals surface area contributed by atoms with E-state index in [1.165, 1.54) is 0 Å². The average Bonchev–Trinajstić information content (AvgIpc) is 3.65. The molecule has 3 fully saturated rings. The fourth-order valence-electron chi connectivity index (χ4n) is 6.91. The number of thioether (sulfide) groups is 1. The van der Waals surface area contributed by atoms with Gasteiger partial charge in [0.25, 0.3) is 0 Å². The molecule has 5 heterocycles.